The third kappa shape index (κ3) is 25.7. The summed E-state index contributed by atoms with van der Waals surface area (Å²) in [6, 6.07) is 42.1. The van der Waals surface area contributed by atoms with Gasteiger partial charge in [-0.1, -0.05) is 197 Å². The first-order valence-corrected chi connectivity index (χ1v) is 44.5. The number of halogens is 9. The van der Waals surface area contributed by atoms with Gasteiger partial charge in [0, 0.05) is 65.4 Å². The van der Waals surface area contributed by atoms with Gasteiger partial charge in [-0.2, -0.15) is 39.5 Å². The topological polar surface area (TPSA) is 293 Å². The Morgan fingerprint density at radius 1 is 0.361 bits per heavy atom. The second-order valence-electron chi connectivity index (χ2n) is 34.6. The van der Waals surface area contributed by atoms with Crippen LogP contribution in [-0.2, 0) is 107 Å². The van der Waals surface area contributed by atoms with Crippen molar-refractivity contribution in [2.24, 2.45) is 23.7 Å². The summed E-state index contributed by atoms with van der Waals surface area (Å²) in [5, 5.41) is 10.8. The number of urea groups is 2. The van der Waals surface area contributed by atoms with Crippen LogP contribution in [0.4, 0.5) is 63.5 Å². The van der Waals surface area contributed by atoms with E-state index in [4.69, 9.17) is 14.2 Å². The molecule has 133 heavy (non-hydrogen) atoms. The van der Waals surface area contributed by atoms with Crippen LogP contribution in [0.15, 0.2) is 170 Å². The second kappa shape index (κ2) is 44.5. The maximum absolute atomic E-state index is 14.3. The van der Waals surface area contributed by atoms with Crippen molar-refractivity contribution in [3.8, 4) is 0 Å². The van der Waals surface area contributed by atoms with E-state index < -0.39 is 139 Å². The van der Waals surface area contributed by atoms with Crippen molar-refractivity contribution in [1.82, 2.24) is 65.4 Å². The van der Waals surface area contributed by atoms with E-state index in [2.05, 4.69) is 21.3 Å². The third-order valence-electron chi connectivity index (χ3n) is 24.0. The average molecular weight is 1860 g/mol. The molecular formula is C97H114F9N13O14. The molecule has 4 N–H and O–H groups in total. The first kappa shape index (κ1) is 101. The number of nitrogens with one attached hydrogen (secondary N) is 4. The largest absolute Gasteiger partial charge is 0.444 e. The van der Waals surface area contributed by atoms with Crippen molar-refractivity contribution in [1.29, 1.82) is 0 Å². The zero-order valence-corrected chi connectivity index (χ0v) is 75.9. The Balaban J connectivity index is 0.000000194. The van der Waals surface area contributed by atoms with E-state index in [0.29, 0.717) is 62.0 Å². The maximum Gasteiger partial charge on any atom is 0.416 e. The average Bonchev–Trinajstić information content (AvgIpc) is 0.753. The van der Waals surface area contributed by atoms with Gasteiger partial charge in [-0.25, -0.2) is 24.0 Å². The monoisotopic (exact) mass is 1860 g/mol. The Morgan fingerprint density at radius 2 is 0.677 bits per heavy atom. The molecule has 0 radical (unpaired) electrons. The molecular weight excluding hydrogens is 1740 g/mol. The zero-order valence-electron chi connectivity index (χ0n) is 75.9. The van der Waals surface area contributed by atoms with Crippen LogP contribution >= 0.6 is 0 Å². The van der Waals surface area contributed by atoms with Crippen LogP contribution in [0.25, 0.3) is 0 Å². The van der Waals surface area contributed by atoms with Gasteiger partial charge in [0.1, 0.15) is 56.4 Å². The van der Waals surface area contributed by atoms with Gasteiger partial charge in [0.15, 0.2) is 0 Å². The van der Waals surface area contributed by atoms with E-state index >= 15 is 0 Å². The summed E-state index contributed by atoms with van der Waals surface area (Å²) in [6.45, 7) is 17.9. The number of amides is 13. The summed E-state index contributed by atoms with van der Waals surface area (Å²) in [7, 11) is 0. The van der Waals surface area contributed by atoms with Crippen LogP contribution < -0.4 is 21.3 Å². The number of piperazine rings is 3. The summed E-state index contributed by atoms with van der Waals surface area (Å²) in [5.41, 5.74) is 3.66. The molecule has 7 aromatic rings. The number of fused-ring (bicyclic) bond motifs is 3. The highest BCUT2D eigenvalue weighted by atomic mass is 19.4. The van der Waals surface area contributed by atoms with Gasteiger partial charge in [0.2, 0.25) is 35.4 Å². The molecule has 6 heterocycles. The van der Waals surface area contributed by atoms with E-state index in [9.17, 15) is 92.3 Å². The van der Waals surface area contributed by atoms with E-state index in [1.807, 2.05) is 157 Å². The number of carbonyl (C=O) groups excluding carboxylic acids is 11. The minimum Gasteiger partial charge on any atom is -0.444 e. The molecule has 7 aromatic carbocycles. The molecule has 0 spiro atoms. The van der Waals surface area contributed by atoms with Gasteiger partial charge in [0.05, 0.1) is 54.1 Å². The molecule has 0 saturated carbocycles. The molecule has 6 saturated heterocycles. The smallest absolute Gasteiger partial charge is 0.416 e. The lowest BCUT2D eigenvalue weighted by Gasteiger charge is -2.54. The number of carbonyl (C=O) groups is 11. The Labute approximate surface area is 766 Å². The molecule has 0 aliphatic carbocycles. The molecule has 6 aliphatic heterocycles. The first-order chi connectivity index (χ1) is 63.2. The quantitative estimate of drug-likeness (QED) is 0.0306. The molecule has 6 fully saturated rings. The van der Waals surface area contributed by atoms with Crippen molar-refractivity contribution >= 4 is 65.8 Å². The molecule has 0 aromatic heterocycles. The lowest BCUT2D eigenvalue weighted by molar-refractivity contribution is -0.176. The van der Waals surface area contributed by atoms with Crippen LogP contribution in [0, 0.1) is 51.4 Å². The zero-order chi connectivity index (χ0) is 96.5. The second-order valence-corrected chi connectivity index (χ2v) is 34.6. The summed E-state index contributed by atoms with van der Waals surface area (Å²) < 4.78 is 137. The van der Waals surface area contributed by atoms with Crippen LogP contribution in [0.3, 0.4) is 0 Å². The number of aryl methyl sites for hydroxylation is 4. The van der Waals surface area contributed by atoms with Crippen LogP contribution in [0.2, 0.25) is 0 Å². The van der Waals surface area contributed by atoms with Gasteiger partial charge in [-0.3, -0.25) is 43.5 Å². The number of benzene rings is 7. The van der Waals surface area contributed by atoms with Crippen molar-refractivity contribution in [2.75, 3.05) is 65.4 Å². The predicted molar refractivity (Wildman–Crippen MR) is 472 cm³/mol. The minimum atomic E-state index is -4.57. The molecule has 13 amide bonds. The van der Waals surface area contributed by atoms with E-state index in [-0.39, 0.29) is 131 Å². The fourth-order valence-corrected chi connectivity index (χ4v) is 17.4. The maximum atomic E-state index is 14.3. The molecule has 36 heteroatoms. The number of hydrogen-bond acceptors (Lipinski definition) is 14. The Kier molecular flexibility index (Phi) is 33.7. The summed E-state index contributed by atoms with van der Waals surface area (Å²) >= 11 is 0. The highest BCUT2D eigenvalue weighted by Gasteiger charge is 2.56. The SMILES string of the molecule is CCCNC(=O)NC[C@H]1C(=O)N(Cc2ccccc2)C[C@@H]2N(C(=O)OCc3cc(C)cc(C(F)(F)F)c3)C[C@@H](CC)C(=O)N21.CCCNC(=O)NC[C@H]1C(=O)N(Cc2ccccc2)C[C@@H]2N(C(=O)OCc3cc(C)cc(C(F)(F)F)c3)C[C@H](Cc3ccc(C)cc3)C(=O)N21.CC[C@@H]1CN(C(=O)OCc2cc(C)cc(C(F)(F)F)c2)[C@H]2CN(Cc3ccccc3)C(=O)[C@H](C(C)C)N2C1=O. The highest BCUT2D eigenvalue weighted by molar-refractivity contribution is 5.95. The third-order valence-corrected chi connectivity index (χ3v) is 24.0. The minimum absolute atomic E-state index is 0.00774. The molecule has 6 aliphatic rings. The van der Waals surface area contributed by atoms with Crippen LogP contribution in [0.1, 0.15) is 145 Å². The summed E-state index contributed by atoms with van der Waals surface area (Å²) in [4.78, 5) is 162. The Hall–Kier alpha value is -12.9. The molecule has 0 unspecified atom stereocenters. The van der Waals surface area contributed by atoms with Crippen molar-refractivity contribution < 1.29 is 106 Å². The van der Waals surface area contributed by atoms with Crippen molar-refractivity contribution in [3.63, 3.8) is 0 Å². The predicted octanol–water partition coefficient (Wildman–Crippen LogP) is 14.9. The van der Waals surface area contributed by atoms with E-state index in [1.54, 1.807) is 34.6 Å². The fraction of sp³-hybridized carbons (Fsp3) is 0.454. The van der Waals surface area contributed by atoms with E-state index in [1.165, 1.54) is 55.4 Å². The summed E-state index contributed by atoms with van der Waals surface area (Å²) in [5.74, 6) is -3.90. The Bertz CT molecular complexity index is 5270. The standard InChI is InChI=1S/C37H42F3N5O5.C31H38F3N5O5.C29H34F3N3O4/c1-4-14-41-35(48)42-19-31-34(47)43(20-27-8-6-5-7-9-27)22-32-44(21-29(33(46)45(31)32)17-26-12-10-24(2)11-13-26)36(49)50-23-28-15-25(3)16-30(18-28)37(38,39)40;1-4-11-35-29(42)36-15-25-28(41)37(16-21-9-7-6-8-10-21)18-26-38(17-23(5-2)27(40)39(25)26)30(43)44-19-22-12-20(3)13-24(14-22)31(32,33)34;1-5-22-15-34(28(38)39-17-21-11-19(4)12-23(13-21)29(30,31)32)24-16-33(14-20-9-7-6-8-10-20)27(37)25(18(2)3)35(24)26(22)36/h5-13,15-16,18,29,31-32H,4,14,17,19-23H2,1-3H3,(H2,41,42,48);6-10,12-14,23,25-26H,4-5,11,15-19H2,1-3H3,(H2,35,36,42);6-13,18,22,24-25H,5,14-17H2,1-4H3/t29-,31-,32+;23-,25+,26-;22-,24-,25+/m011/s1. The molecule has 0 bridgehead atoms. The Morgan fingerprint density at radius 3 is 1.00 bits per heavy atom. The molecule has 714 valence electrons. The fourth-order valence-electron chi connectivity index (χ4n) is 17.4. The number of hydrogen-bond donors (Lipinski definition) is 4. The van der Waals surface area contributed by atoms with Gasteiger partial charge < -0.3 is 64.9 Å². The molecule has 9 atom stereocenters. The number of nitrogens with zero attached hydrogens (tertiary/aromatic N) is 9. The van der Waals surface area contributed by atoms with Crippen molar-refractivity contribution in [2.45, 2.75) is 196 Å². The highest BCUT2D eigenvalue weighted by Crippen LogP contribution is 2.39. The van der Waals surface area contributed by atoms with Gasteiger partial charge >= 0.3 is 48.9 Å². The number of alkyl halides is 9. The van der Waals surface area contributed by atoms with Crippen LogP contribution in [-0.4, -0.2) is 212 Å². The first-order valence-electron chi connectivity index (χ1n) is 44.5. The lowest BCUT2D eigenvalue weighted by Crippen LogP contribution is -2.74. The molecule has 27 nitrogen and oxygen atoms in total. The number of rotatable bonds is 25. The van der Waals surface area contributed by atoms with Gasteiger partial charge in [-0.15, -0.1) is 0 Å². The van der Waals surface area contributed by atoms with Crippen molar-refractivity contribution in [3.05, 3.63) is 248 Å². The van der Waals surface area contributed by atoms with Crippen LogP contribution in [0.5, 0.6) is 0 Å². The lowest BCUT2D eigenvalue weighted by atomic mass is 9.91. The number of ether oxygens (including phenoxy) is 3. The van der Waals surface area contributed by atoms with Gasteiger partial charge in [0.25, 0.3) is 0 Å². The summed E-state index contributed by atoms with van der Waals surface area (Å²) in [6.07, 6.45) is -16.1. The van der Waals surface area contributed by atoms with E-state index in [0.717, 1.165) is 64.2 Å². The van der Waals surface area contributed by atoms with Gasteiger partial charge in [-0.05, 0) is 141 Å². The molecule has 13 rings (SSSR count). The normalized spacial score (nSPS) is 20.4.